The van der Waals surface area contributed by atoms with Crippen LogP contribution in [-0.2, 0) is 4.74 Å². The monoisotopic (exact) mass is 288 g/mol. The topological polar surface area (TPSA) is 9.23 Å². The SMILES string of the molecule is ICCOCC=Cc1ccccc1. The van der Waals surface area contributed by atoms with Crippen LogP contribution in [0.1, 0.15) is 5.56 Å². The largest absolute Gasteiger partial charge is 0.377 e. The molecule has 1 aromatic carbocycles. The van der Waals surface area contributed by atoms with E-state index >= 15 is 0 Å². The van der Waals surface area contributed by atoms with Crippen molar-refractivity contribution in [1.82, 2.24) is 0 Å². The third-order valence-electron chi connectivity index (χ3n) is 1.55. The van der Waals surface area contributed by atoms with Gasteiger partial charge in [-0.15, -0.1) is 0 Å². The van der Waals surface area contributed by atoms with Crippen LogP contribution >= 0.6 is 22.6 Å². The summed E-state index contributed by atoms with van der Waals surface area (Å²) < 4.78 is 6.36. The Morgan fingerprint density at radius 1 is 1.23 bits per heavy atom. The summed E-state index contributed by atoms with van der Waals surface area (Å²) >= 11 is 2.30. The summed E-state index contributed by atoms with van der Waals surface area (Å²) in [5.41, 5.74) is 1.22. The summed E-state index contributed by atoms with van der Waals surface area (Å²) in [7, 11) is 0. The van der Waals surface area contributed by atoms with Gasteiger partial charge in [0.15, 0.2) is 0 Å². The lowest BCUT2D eigenvalue weighted by molar-refractivity contribution is 0.182. The number of benzene rings is 1. The highest BCUT2D eigenvalue weighted by Gasteiger charge is 1.83. The summed E-state index contributed by atoms with van der Waals surface area (Å²) in [5.74, 6) is 0. The molecule has 0 bridgehead atoms. The fourth-order valence-corrected chi connectivity index (χ4v) is 1.27. The smallest absolute Gasteiger partial charge is 0.0651 e. The molecule has 0 spiro atoms. The molecule has 0 aliphatic heterocycles. The van der Waals surface area contributed by atoms with Crippen LogP contribution in [0.2, 0.25) is 0 Å². The van der Waals surface area contributed by atoms with E-state index in [1.165, 1.54) is 5.56 Å². The molecule has 13 heavy (non-hydrogen) atoms. The molecule has 1 nitrogen and oxygen atoms in total. The minimum atomic E-state index is 0.706. The Kier molecular flexibility index (Phi) is 5.85. The van der Waals surface area contributed by atoms with Crippen molar-refractivity contribution < 1.29 is 4.74 Å². The van der Waals surface area contributed by atoms with Crippen molar-refractivity contribution >= 4 is 28.7 Å². The van der Waals surface area contributed by atoms with Gasteiger partial charge in [0, 0.05) is 4.43 Å². The van der Waals surface area contributed by atoms with Crippen molar-refractivity contribution in [2.45, 2.75) is 0 Å². The van der Waals surface area contributed by atoms with Gasteiger partial charge in [-0.05, 0) is 5.56 Å². The summed E-state index contributed by atoms with van der Waals surface area (Å²) in [5, 5.41) is 0. The molecule has 0 radical (unpaired) electrons. The Morgan fingerprint density at radius 3 is 2.69 bits per heavy atom. The van der Waals surface area contributed by atoms with Crippen LogP contribution in [0.25, 0.3) is 6.08 Å². The average molecular weight is 288 g/mol. The quantitative estimate of drug-likeness (QED) is 0.459. The molecule has 0 amide bonds. The van der Waals surface area contributed by atoms with Crippen molar-refractivity contribution in [2.75, 3.05) is 17.6 Å². The van der Waals surface area contributed by atoms with E-state index in [2.05, 4.69) is 40.8 Å². The number of ether oxygens (including phenoxy) is 1. The van der Waals surface area contributed by atoms with Gasteiger partial charge >= 0.3 is 0 Å². The predicted octanol–water partition coefficient (Wildman–Crippen LogP) is 3.15. The Balaban J connectivity index is 2.25. The maximum absolute atomic E-state index is 5.31. The van der Waals surface area contributed by atoms with E-state index in [1.807, 2.05) is 24.3 Å². The van der Waals surface area contributed by atoms with E-state index in [4.69, 9.17) is 4.74 Å². The summed E-state index contributed by atoms with van der Waals surface area (Å²) in [4.78, 5) is 0. The molecule has 70 valence electrons. The van der Waals surface area contributed by atoms with E-state index < -0.39 is 0 Å². The first kappa shape index (κ1) is 10.7. The third-order valence-corrected chi connectivity index (χ3v) is 1.99. The number of alkyl halides is 1. The van der Waals surface area contributed by atoms with Crippen LogP contribution in [0.4, 0.5) is 0 Å². The molecule has 1 rings (SSSR count). The molecular weight excluding hydrogens is 275 g/mol. The highest BCUT2D eigenvalue weighted by Crippen LogP contribution is 2.00. The Morgan fingerprint density at radius 2 is 2.00 bits per heavy atom. The zero-order valence-corrected chi connectivity index (χ0v) is 9.61. The van der Waals surface area contributed by atoms with E-state index in [-0.39, 0.29) is 0 Å². The number of rotatable bonds is 5. The number of halogens is 1. The van der Waals surface area contributed by atoms with E-state index in [1.54, 1.807) is 0 Å². The van der Waals surface area contributed by atoms with Crippen LogP contribution in [-0.4, -0.2) is 17.6 Å². The number of hydrogen-bond donors (Lipinski definition) is 0. The predicted molar refractivity (Wildman–Crippen MR) is 65.2 cm³/mol. The second-order valence-electron chi connectivity index (χ2n) is 2.58. The van der Waals surface area contributed by atoms with Crippen molar-refractivity contribution in [3.63, 3.8) is 0 Å². The molecule has 0 saturated heterocycles. The zero-order chi connectivity index (χ0) is 9.36. The average Bonchev–Trinajstić information content (AvgIpc) is 2.19. The molecule has 0 aliphatic carbocycles. The minimum Gasteiger partial charge on any atom is -0.377 e. The van der Waals surface area contributed by atoms with Crippen molar-refractivity contribution in [1.29, 1.82) is 0 Å². The van der Waals surface area contributed by atoms with E-state index in [9.17, 15) is 0 Å². The first-order valence-electron chi connectivity index (χ1n) is 4.29. The normalized spacial score (nSPS) is 10.8. The minimum absolute atomic E-state index is 0.706. The third kappa shape index (κ3) is 5.05. The fourth-order valence-electron chi connectivity index (χ4n) is 0.954. The van der Waals surface area contributed by atoms with Gasteiger partial charge in [-0.3, -0.25) is 0 Å². The molecule has 0 aliphatic rings. The highest BCUT2D eigenvalue weighted by atomic mass is 127. The van der Waals surface area contributed by atoms with E-state index in [0.717, 1.165) is 11.0 Å². The highest BCUT2D eigenvalue weighted by molar-refractivity contribution is 14.1. The van der Waals surface area contributed by atoms with Gasteiger partial charge in [0.05, 0.1) is 13.2 Å². The van der Waals surface area contributed by atoms with Crippen LogP contribution < -0.4 is 0 Å². The maximum Gasteiger partial charge on any atom is 0.0651 e. The molecular formula is C11H13IO. The zero-order valence-electron chi connectivity index (χ0n) is 7.45. The van der Waals surface area contributed by atoms with Crippen LogP contribution in [0.3, 0.4) is 0 Å². The molecule has 0 atom stereocenters. The Bertz CT molecular complexity index is 244. The molecule has 2 heteroatoms. The first-order valence-corrected chi connectivity index (χ1v) is 5.81. The molecule has 0 fully saturated rings. The van der Waals surface area contributed by atoms with Crippen LogP contribution in [0.5, 0.6) is 0 Å². The lowest BCUT2D eigenvalue weighted by atomic mass is 10.2. The van der Waals surface area contributed by atoms with Crippen LogP contribution in [0, 0.1) is 0 Å². The van der Waals surface area contributed by atoms with Crippen molar-refractivity contribution in [3.8, 4) is 0 Å². The number of hydrogen-bond acceptors (Lipinski definition) is 1. The first-order chi connectivity index (χ1) is 6.43. The Hall–Kier alpha value is -0.350. The molecule has 1 aromatic rings. The van der Waals surface area contributed by atoms with Gasteiger partial charge in [0.1, 0.15) is 0 Å². The van der Waals surface area contributed by atoms with Gasteiger partial charge in [-0.25, -0.2) is 0 Å². The van der Waals surface area contributed by atoms with Gasteiger partial charge < -0.3 is 4.74 Å². The van der Waals surface area contributed by atoms with Crippen molar-refractivity contribution in [3.05, 3.63) is 42.0 Å². The van der Waals surface area contributed by atoms with Gasteiger partial charge in [0.25, 0.3) is 0 Å². The molecule has 0 heterocycles. The lowest BCUT2D eigenvalue weighted by Crippen LogP contribution is -1.93. The standard InChI is InChI=1S/C11H13IO/c12-8-10-13-9-4-7-11-5-2-1-3-6-11/h1-7H,8-10H2. The van der Waals surface area contributed by atoms with Gasteiger partial charge in [-0.2, -0.15) is 0 Å². The molecule has 0 saturated carbocycles. The second kappa shape index (κ2) is 7.09. The van der Waals surface area contributed by atoms with E-state index in [0.29, 0.717) is 6.61 Å². The lowest BCUT2D eigenvalue weighted by Gasteiger charge is -1.95. The summed E-state index contributed by atoms with van der Waals surface area (Å²) in [6.07, 6.45) is 4.12. The van der Waals surface area contributed by atoms with Crippen molar-refractivity contribution in [2.24, 2.45) is 0 Å². The molecule has 0 unspecified atom stereocenters. The molecule has 0 N–H and O–H groups in total. The second-order valence-corrected chi connectivity index (χ2v) is 3.66. The molecule has 0 aromatic heterocycles. The van der Waals surface area contributed by atoms with Gasteiger partial charge in [-0.1, -0.05) is 65.1 Å². The summed E-state index contributed by atoms with van der Waals surface area (Å²) in [6.45, 7) is 1.54. The summed E-state index contributed by atoms with van der Waals surface area (Å²) in [6, 6.07) is 10.2. The van der Waals surface area contributed by atoms with Crippen LogP contribution in [0.15, 0.2) is 36.4 Å². The fraction of sp³-hybridized carbons (Fsp3) is 0.273. The Labute approximate surface area is 92.9 Å². The maximum atomic E-state index is 5.31. The van der Waals surface area contributed by atoms with Gasteiger partial charge in [0.2, 0.25) is 0 Å².